The van der Waals surface area contributed by atoms with Crippen molar-refractivity contribution in [2.75, 3.05) is 6.61 Å². The number of benzene rings is 1. The summed E-state index contributed by atoms with van der Waals surface area (Å²) in [6.07, 6.45) is 18.2. The second-order valence-electron chi connectivity index (χ2n) is 8.17. The van der Waals surface area contributed by atoms with Gasteiger partial charge in [0.2, 0.25) is 0 Å². The Hall–Kier alpha value is -1.35. The summed E-state index contributed by atoms with van der Waals surface area (Å²) < 4.78 is 5.28. The summed E-state index contributed by atoms with van der Waals surface area (Å²) in [6, 6.07) is 8.97. The van der Waals surface area contributed by atoms with Gasteiger partial charge in [0.25, 0.3) is 0 Å². The number of ether oxygens (including phenoxy) is 1. The lowest BCUT2D eigenvalue weighted by molar-refractivity contribution is -0.164. The highest BCUT2D eigenvalue weighted by Gasteiger charge is 2.33. The molecule has 0 aliphatic heterocycles. The molecule has 0 aliphatic carbocycles. The first-order valence-electron chi connectivity index (χ1n) is 11.5. The number of carbonyl (C=O) groups is 1. The van der Waals surface area contributed by atoms with Crippen LogP contribution < -0.4 is 0 Å². The van der Waals surface area contributed by atoms with Gasteiger partial charge in [-0.15, -0.1) is 0 Å². The fourth-order valence-corrected chi connectivity index (χ4v) is 3.48. The van der Waals surface area contributed by atoms with E-state index in [-0.39, 0.29) is 0 Å². The van der Waals surface area contributed by atoms with Crippen molar-refractivity contribution in [3.8, 4) is 0 Å². The lowest BCUT2D eigenvalue weighted by Gasteiger charge is -2.21. The zero-order chi connectivity index (χ0) is 20.5. The standard InChI is InChI=1S/C25H42O3/c1-3-4-5-6-7-8-9-10-11-12-13-14-15-19-22-28-24(26)25(2,27)23-20-17-16-18-21-23/h16-18,20-21,27H,3-15,19,22H2,1-2H3. The van der Waals surface area contributed by atoms with E-state index in [9.17, 15) is 9.90 Å². The van der Waals surface area contributed by atoms with Gasteiger partial charge >= 0.3 is 5.97 Å². The molecule has 3 heteroatoms. The first-order chi connectivity index (χ1) is 13.6. The molecule has 1 aromatic rings. The lowest BCUT2D eigenvalue weighted by atomic mass is 9.96. The fourth-order valence-electron chi connectivity index (χ4n) is 3.48. The van der Waals surface area contributed by atoms with Gasteiger partial charge in [-0.25, -0.2) is 4.79 Å². The summed E-state index contributed by atoms with van der Waals surface area (Å²) >= 11 is 0. The highest BCUT2D eigenvalue weighted by Crippen LogP contribution is 2.22. The number of carbonyl (C=O) groups excluding carboxylic acids is 1. The van der Waals surface area contributed by atoms with E-state index < -0.39 is 11.6 Å². The van der Waals surface area contributed by atoms with Crippen molar-refractivity contribution in [3.05, 3.63) is 35.9 Å². The van der Waals surface area contributed by atoms with Crippen LogP contribution in [0.4, 0.5) is 0 Å². The first kappa shape index (κ1) is 24.7. The Morgan fingerprint density at radius 3 is 1.68 bits per heavy atom. The van der Waals surface area contributed by atoms with E-state index in [0.29, 0.717) is 12.2 Å². The van der Waals surface area contributed by atoms with Gasteiger partial charge in [-0.1, -0.05) is 121 Å². The van der Waals surface area contributed by atoms with Crippen molar-refractivity contribution in [2.45, 2.75) is 109 Å². The maximum Gasteiger partial charge on any atom is 0.342 e. The maximum atomic E-state index is 12.1. The van der Waals surface area contributed by atoms with Crippen LogP contribution in [-0.2, 0) is 15.1 Å². The van der Waals surface area contributed by atoms with Crippen LogP contribution >= 0.6 is 0 Å². The van der Waals surface area contributed by atoms with E-state index in [1.807, 2.05) is 18.2 Å². The first-order valence-corrected chi connectivity index (χ1v) is 11.5. The summed E-state index contributed by atoms with van der Waals surface area (Å²) in [5, 5.41) is 10.4. The third kappa shape index (κ3) is 10.8. The summed E-state index contributed by atoms with van der Waals surface area (Å²) in [5.74, 6) is -0.562. The molecule has 0 spiro atoms. The van der Waals surface area contributed by atoms with Crippen LogP contribution in [0.1, 0.15) is 109 Å². The zero-order valence-electron chi connectivity index (χ0n) is 18.3. The second kappa shape index (κ2) is 15.6. The molecular weight excluding hydrogens is 348 g/mol. The van der Waals surface area contributed by atoms with Gasteiger partial charge in [-0.3, -0.25) is 0 Å². The second-order valence-corrected chi connectivity index (χ2v) is 8.17. The lowest BCUT2D eigenvalue weighted by Crippen LogP contribution is -2.34. The summed E-state index contributed by atoms with van der Waals surface area (Å²) in [4.78, 5) is 12.1. The van der Waals surface area contributed by atoms with Gasteiger partial charge in [0.05, 0.1) is 6.61 Å². The van der Waals surface area contributed by atoms with Gasteiger partial charge in [-0.05, 0) is 18.9 Å². The minimum Gasteiger partial charge on any atom is -0.463 e. The monoisotopic (exact) mass is 390 g/mol. The Bertz CT molecular complexity index is 496. The van der Waals surface area contributed by atoms with Crippen molar-refractivity contribution in [3.63, 3.8) is 0 Å². The molecule has 1 rings (SSSR count). The molecule has 3 nitrogen and oxygen atoms in total. The van der Waals surface area contributed by atoms with Crippen molar-refractivity contribution in [1.29, 1.82) is 0 Å². The molecule has 0 bridgehead atoms. The van der Waals surface area contributed by atoms with Crippen LogP contribution in [0.5, 0.6) is 0 Å². The summed E-state index contributed by atoms with van der Waals surface area (Å²) in [7, 11) is 0. The van der Waals surface area contributed by atoms with Crippen molar-refractivity contribution in [1.82, 2.24) is 0 Å². The molecule has 1 atom stereocenters. The number of aliphatic hydroxyl groups is 1. The van der Waals surface area contributed by atoms with E-state index in [1.54, 1.807) is 12.1 Å². The third-order valence-electron chi connectivity index (χ3n) is 5.46. The number of hydrogen-bond donors (Lipinski definition) is 1. The predicted molar refractivity (Wildman–Crippen MR) is 117 cm³/mol. The number of unbranched alkanes of at least 4 members (excludes halogenated alkanes) is 13. The van der Waals surface area contributed by atoms with Gasteiger partial charge in [-0.2, -0.15) is 0 Å². The molecule has 28 heavy (non-hydrogen) atoms. The molecule has 0 radical (unpaired) electrons. The van der Waals surface area contributed by atoms with E-state index >= 15 is 0 Å². The Morgan fingerprint density at radius 1 is 0.786 bits per heavy atom. The number of rotatable bonds is 17. The maximum absolute atomic E-state index is 12.1. The molecule has 0 aromatic heterocycles. The van der Waals surface area contributed by atoms with Crippen LogP contribution in [0.2, 0.25) is 0 Å². The van der Waals surface area contributed by atoms with E-state index in [2.05, 4.69) is 6.92 Å². The topological polar surface area (TPSA) is 46.5 Å². The average molecular weight is 391 g/mol. The van der Waals surface area contributed by atoms with Gasteiger partial charge in [0.1, 0.15) is 0 Å². The van der Waals surface area contributed by atoms with Crippen molar-refractivity contribution >= 4 is 5.97 Å². The van der Waals surface area contributed by atoms with Crippen LogP contribution in [0.15, 0.2) is 30.3 Å². The van der Waals surface area contributed by atoms with E-state index in [0.717, 1.165) is 12.8 Å². The molecule has 1 N–H and O–H groups in total. The molecular formula is C25H42O3. The van der Waals surface area contributed by atoms with Crippen molar-refractivity contribution in [2.24, 2.45) is 0 Å². The Labute approximate surface area is 172 Å². The Morgan fingerprint density at radius 2 is 1.21 bits per heavy atom. The van der Waals surface area contributed by atoms with Gasteiger partial charge < -0.3 is 9.84 Å². The van der Waals surface area contributed by atoms with Crippen molar-refractivity contribution < 1.29 is 14.6 Å². The predicted octanol–water partition coefficient (Wildman–Crippen LogP) is 6.92. The normalized spacial score (nSPS) is 13.2. The highest BCUT2D eigenvalue weighted by molar-refractivity contribution is 5.80. The number of hydrogen-bond acceptors (Lipinski definition) is 3. The Balaban J connectivity index is 1.92. The van der Waals surface area contributed by atoms with Crippen LogP contribution in [-0.4, -0.2) is 17.7 Å². The van der Waals surface area contributed by atoms with Gasteiger partial charge in [0, 0.05) is 0 Å². The van der Waals surface area contributed by atoms with E-state index in [4.69, 9.17) is 4.74 Å². The summed E-state index contributed by atoms with van der Waals surface area (Å²) in [6.45, 7) is 4.15. The zero-order valence-corrected chi connectivity index (χ0v) is 18.3. The largest absolute Gasteiger partial charge is 0.463 e. The molecule has 1 unspecified atom stereocenters. The average Bonchev–Trinajstić information content (AvgIpc) is 2.71. The number of esters is 1. The molecule has 0 amide bonds. The minimum absolute atomic E-state index is 0.389. The van der Waals surface area contributed by atoms with Crippen LogP contribution in [0, 0.1) is 0 Å². The Kier molecular flexibility index (Phi) is 13.7. The van der Waals surface area contributed by atoms with E-state index in [1.165, 1.54) is 84.0 Å². The quantitative estimate of drug-likeness (QED) is 0.232. The molecule has 0 fully saturated rings. The molecule has 0 heterocycles. The van der Waals surface area contributed by atoms with Crippen LogP contribution in [0.3, 0.4) is 0 Å². The molecule has 160 valence electrons. The molecule has 0 aliphatic rings. The summed E-state index contributed by atoms with van der Waals surface area (Å²) in [5.41, 5.74) is -1.00. The van der Waals surface area contributed by atoms with Crippen LogP contribution in [0.25, 0.3) is 0 Å². The highest BCUT2D eigenvalue weighted by atomic mass is 16.5. The SMILES string of the molecule is CCCCCCCCCCCCCCCCOC(=O)C(C)(O)c1ccccc1. The fraction of sp³-hybridized carbons (Fsp3) is 0.720. The molecule has 0 saturated heterocycles. The molecule has 0 saturated carbocycles. The molecule has 1 aromatic carbocycles. The smallest absolute Gasteiger partial charge is 0.342 e. The third-order valence-corrected chi connectivity index (χ3v) is 5.46. The minimum atomic E-state index is -1.57. The van der Waals surface area contributed by atoms with Gasteiger partial charge in [0.15, 0.2) is 5.60 Å².